The number of benzene rings is 1. The Bertz CT molecular complexity index is 539. The lowest BCUT2D eigenvalue weighted by molar-refractivity contribution is 0.190. The van der Waals surface area contributed by atoms with Crippen LogP contribution in [-0.4, -0.2) is 28.4 Å². The van der Waals surface area contributed by atoms with Gasteiger partial charge < -0.3 is 4.74 Å². The SMILES string of the molecule is COc1ccccc1C1CCCCC1COS(C)(=O)=O. The molecule has 1 aliphatic carbocycles. The molecular weight excluding hydrogens is 276 g/mol. The van der Waals surface area contributed by atoms with E-state index in [9.17, 15) is 8.42 Å². The van der Waals surface area contributed by atoms with Crippen molar-refractivity contribution in [2.75, 3.05) is 20.0 Å². The summed E-state index contributed by atoms with van der Waals surface area (Å²) in [5.41, 5.74) is 1.16. The number of ether oxygens (including phenoxy) is 1. The van der Waals surface area contributed by atoms with Crippen LogP contribution in [0.4, 0.5) is 0 Å². The predicted molar refractivity (Wildman–Crippen MR) is 78.5 cm³/mol. The van der Waals surface area contributed by atoms with E-state index in [1.54, 1.807) is 7.11 Å². The molecule has 2 unspecified atom stereocenters. The molecule has 112 valence electrons. The summed E-state index contributed by atoms with van der Waals surface area (Å²) < 4.78 is 32.8. The van der Waals surface area contributed by atoms with Gasteiger partial charge in [0.1, 0.15) is 5.75 Å². The molecule has 4 nitrogen and oxygen atoms in total. The molecule has 2 rings (SSSR count). The average Bonchev–Trinajstić information content (AvgIpc) is 2.44. The second-order valence-corrected chi connectivity index (χ2v) is 7.03. The second-order valence-electron chi connectivity index (χ2n) is 5.38. The van der Waals surface area contributed by atoms with Crippen molar-refractivity contribution in [2.45, 2.75) is 31.6 Å². The fourth-order valence-electron chi connectivity index (χ4n) is 3.00. The summed E-state index contributed by atoms with van der Waals surface area (Å²) in [5, 5.41) is 0. The largest absolute Gasteiger partial charge is 0.496 e. The van der Waals surface area contributed by atoms with E-state index in [0.717, 1.165) is 43.3 Å². The van der Waals surface area contributed by atoms with Crippen LogP contribution in [0.5, 0.6) is 5.75 Å². The Hall–Kier alpha value is -1.07. The van der Waals surface area contributed by atoms with Crippen LogP contribution in [0.1, 0.15) is 37.2 Å². The number of methoxy groups -OCH3 is 1. The van der Waals surface area contributed by atoms with Crippen LogP contribution in [0.3, 0.4) is 0 Å². The smallest absolute Gasteiger partial charge is 0.264 e. The number of hydrogen-bond donors (Lipinski definition) is 0. The van der Waals surface area contributed by atoms with E-state index in [1.165, 1.54) is 0 Å². The highest BCUT2D eigenvalue weighted by Gasteiger charge is 2.29. The molecule has 0 bridgehead atoms. The zero-order chi connectivity index (χ0) is 14.6. The van der Waals surface area contributed by atoms with Gasteiger partial charge in [0, 0.05) is 0 Å². The van der Waals surface area contributed by atoms with Crippen LogP contribution in [0.2, 0.25) is 0 Å². The molecule has 0 aliphatic heterocycles. The summed E-state index contributed by atoms with van der Waals surface area (Å²) in [4.78, 5) is 0. The first-order valence-electron chi connectivity index (χ1n) is 6.98. The monoisotopic (exact) mass is 298 g/mol. The quantitative estimate of drug-likeness (QED) is 0.784. The number of hydrogen-bond acceptors (Lipinski definition) is 4. The second kappa shape index (κ2) is 6.59. The third-order valence-corrected chi connectivity index (χ3v) is 4.51. The molecule has 1 aromatic rings. The molecule has 0 saturated heterocycles. The standard InChI is InChI=1S/C15H22O4S/c1-18-15-10-6-5-9-14(15)13-8-4-3-7-12(13)11-19-20(2,16)17/h5-6,9-10,12-13H,3-4,7-8,11H2,1-2H3. The average molecular weight is 298 g/mol. The van der Waals surface area contributed by atoms with Gasteiger partial charge >= 0.3 is 0 Å². The molecule has 0 radical (unpaired) electrons. The summed E-state index contributed by atoms with van der Waals surface area (Å²) >= 11 is 0. The van der Waals surface area contributed by atoms with Gasteiger partial charge in [-0.3, -0.25) is 4.18 Å². The molecule has 2 atom stereocenters. The van der Waals surface area contributed by atoms with Crippen LogP contribution in [0.25, 0.3) is 0 Å². The minimum Gasteiger partial charge on any atom is -0.496 e. The molecule has 0 aromatic heterocycles. The van der Waals surface area contributed by atoms with Crippen molar-refractivity contribution in [1.82, 2.24) is 0 Å². The third kappa shape index (κ3) is 3.96. The van der Waals surface area contributed by atoms with Crippen molar-refractivity contribution in [3.63, 3.8) is 0 Å². The van der Waals surface area contributed by atoms with Gasteiger partial charge in [-0.2, -0.15) is 8.42 Å². The molecule has 0 spiro atoms. The molecule has 0 heterocycles. The molecule has 0 N–H and O–H groups in total. The highest BCUT2D eigenvalue weighted by atomic mass is 32.2. The van der Waals surface area contributed by atoms with Crippen molar-refractivity contribution in [2.24, 2.45) is 5.92 Å². The molecule has 20 heavy (non-hydrogen) atoms. The van der Waals surface area contributed by atoms with Gasteiger partial charge in [0.15, 0.2) is 0 Å². The van der Waals surface area contributed by atoms with Crippen molar-refractivity contribution < 1.29 is 17.3 Å². The van der Waals surface area contributed by atoms with Crippen LogP contribution < -0.4 is 4.74 Å². The van der Waals surface area contributed by atoms with E-state index < -0.39 is 10.1 Å². The van der Waals surface area contributed by atoms with Crippen molar-refractivity contribution in [3.8, 4) is 5.75 Å². The Kier molecular flexibility index (Phi) is 5.05. The Morgan fingerprint density at radius 3 is 2.60 bits per heavy atom. The summed E-state index contributed by atoms with van der Waals surface area (Å²) in [6.45, 7) is 0.265. The molecule has 1 fully saturated rings. The first kappa shape index (κ1) is 15.3. The topological polar surface area (TPSA) is 52.6 Å². The van der Waals surface area contributed by atoms with E-state index in [2.05, 4.69) is 6.07 Å². The minimum absolute atomic E-state index is 0.231. The molecule has 1 saturated carbocycles. The van der Waals surface area contributed by atoms with Crippen LogP contribution in [0, 0.1) is 5.92 Å². The maximum atomic E-state index is 11.2. The Balaban J connectivity index is 2.18. The number of rotatable bonds is 5. The molecule has 1 aromatic carbocycles. The van der Waals surface area contributed by atoms with Gasteiger partial charge in [-0.15, -0.1) is 0 Å². The van der Waals surface area contributed by atoms with Crippen LogP contribution in [-0.2, 0) is 14.3 Å². The van der Waals surface area contributed by atoms with Gasteiger partial charge in [0.25, 0.3) is 10.1 Å². The molecular formula is C15H22O4S. The summed E-state index contributed by atoms with van der Waals surface area (Å²) in [6, 6.07) is 7.98. The Morgan fingerprint density at radius 2 is 1.90 bits per heavy atom. The van der Waals surface area contributed by atoms with Gasteiger partial charge in [-0.05, 0) is 36.3 Å². The molecule has 5 heteroatoms. The first-order valence-corrected chi connectivity index (χ1v) is 8.80. The summed E-state index contributed by atoms with van der Waals surface area (Å²) in [6.07, 6.45) is 5.45. The van der Waals surface area contributed by atoms with Crippen molar-refractivity contribution in [1.29, 1.82) is 0 Å². The maximum Gasteiger partial charge on any atom is 0.264 e. The lowest BCUT2D eigenvalue weighted by Crippen LogP contribution is -2.24. The van der Waals surface area contributed by atoms with E-state index in [1.807, 2.05) is 18.2 Å². The van der Waals surface area contributed by atoms with Crippen molar-refractivity contribution in [3.05, 3.63) is 29.8 Å². The van der Waals surface area contributed by atoms with Gasteiger partial charge in [0.2, 0.25) is 0 Å². The van der Waals surface area contributed by atoms with Crippen molar-refractivity contribution >= 4 is 10.1 Å². The van der Waals surface area contributed by atoms with Crippen LogP contribution >= 0.6 is 0 Å². The van der Waals surface area contributed by atoms with Gasteiger partial charge in [-0.1, -0.05) is 31.0 Å². The predicted octanol–water partition coefficient (Wildman–Crippen LogP) is 2.95. The lowest BCUT2D eigenvalue weighted by Gasteiger charge is -2.32. The third-order valence-electron chi connectivity index (χ3n) is 3.94. The fraction of sp³-hybridized carbons (Fsp3) is 0.600. The molecule has 1 aliphatic rings. The van der Waals surface area contributed by atoms with E-state index in [-0.39, 0.29) is 12.5 Å². The number of para-hydroxylation sites is 1. The highest BCUT2D eigenvalue weighted by molar-refractivity contribution is 7.85. The Labute approximate surface area is 121 Å². The van der Waals surface area contributed by atoms with E-state index in [0.29, 0.717) is 5.92 Å². The minimum atomic E-state index is -3.38. The molecule has 0 amide bonds. The normalized spacial score (nSPS) is 23.5. The van der Waals surface area contributed by atoms with E-state index in [4.69, 9.17) is 8.92 Å². The summed E-state index contributed by atoms with van der Waals surface area (Å²) in [5.74, 6) is 1.42. The Morgan fingerprint density at radius 1 is 1.20 bits per heavy atom. The summed E-state index contributed by atoms with van der Waals surface area (Å²) in [7, 11) is -1.71. The zero-order valence-corrected chi connectivity index (χ0v) is 12.9. The van der Waals surface area contributed by atoms with Crippen LogP contribution in [0.15, 0.2) is 24.3 Å². The highest BCUT2D eigenvalue weighted by Crippen LogP contribution is 2.41. The lowest BCUT2D eigenvalue weighted by atomic mass is 9.75. The van der Waals surface area contributed by atoms with E-state index >= 15 is 0 Å². The maximum absolute atomic E-state index is 11.2. The zero-order valence-electron chi connectivity index (χ0n) is 12.0. The van der Waals surface area contributed by atoms with Gasteiger partial charge in [-0.25, -0.2) is 0 Å². The van der Waals surface area contributed by atoms with Gasteiger partial charge in [0.05, 0.1) is 20.0 Å². The fourth-order valence-corrected chi connectivity index (χ4v) is 3.42. The first-order chi connectivity index (χ1) is 9.51.